The maximum atomic E-state index is 11.1. The summed E-state index contributed by atoms with van der Waals surface area (Å²) in [5, 5.41) is 3.15. The number of halogens is 1. The summed E-state index contributed by atoms with van der Waals surface area (Å²) in [5.41, 5.74) is 0.568. The van der Waals surface area contributed by atoms with Gasteiger partial charge in [-0.3, -0.25) is 4.79 Å². The maximum Gasteiger partial charge on any atom is 0.205 e. The molecule has 0 aliphatic rings. The fourth-order valence-electron chi connectivity index (χ4n) is 0.784. The molecule has 0 radical (unpaired) electrons. The van der Waals surface area contributed by atoms with Crippen LogP contribution in [0.1, 0.15) is 10.4 Å². The summed E-state index contributed by atoms with van der Waals surface area (Å²) in [5.74, 6) is 4.65. The van der Waals surface area contributed by atoms with Crippen LogP contribution in [0.4, 0.5) is 0 Å². The SMILES string of the molecule is N/N=C/C(=O)c1cccc(Br)c1. The maximum absolute atomic E-state index is 11.1. The van der Waals surface area contributed by atoms with Gasteiger partial charge in [0.15, 0.2) is 0 Å². The van der Waals surface area contributed by atoms with Crippen molar-refractivity contribution in [3.8, 4) is 0 Å². The molecule has 0 aromatic heterocycles. The molecule has 0 bridgehead atoms. The van der Waals surface area contributed by atoms with Gasteiger partial charge in [0.1, 0.15) is 0 Å². The molecule has 0 atom stereocenters. The van der Waals surface area contributed by atoms with E-state index in [1.807, 2.05) is 6.07 Å². The van der Waals surface area contributed by atoms with E-state index in [9.17, 15) is 4.79 Å². The minimum absolute atomic E-state index is 0.196. The van der Waals surface area contributed by atoms with Gasteiger partial charge in [0, 0.05) is 10.0 Å². The molecule has 1 aromatic rings. The Morgan fingerprint density at radius 2 is 2.33 bits per heavy atom. The zero-order valence-electron chi connectivity index (χ0n) is 6.20. The number of nitrogens with zero attached hydrogens (tertiary/aromatic N) is 1. The zero-order valence-corrected chi connectivity index (χ0v) is 7.78. The van der Waals surface area contributed by atoms with Crippen LogP contribution >= 0.6 is 15.9 Å². The Bertz CT molecular complexity index is 323. The van der Waals surface area contributed by atoms with Crippen molar-refractivity contribution in [2.75, 3.05) is 0 Å². The lowest BCUT2D eigenvalue weighted by Gasteiger charge is -1.94. The third-order valence-corrected chi connectivity index (χ3v) is 1.79. The Kier molecular flexibility index (Phi) is 2.99. The number of carbonyl (C=O) groups excluding carboxylic acids is 1. The van der Waals surface area contributed by atoms with Crippen LogP contribution in [0.2, 0.25) is 0 Å². The van der Waals surface area contributed by atoms with Crippen LogP contribution < -0.4 is 5.84 Å². The molecule has 2 N–H and O–H groups in total. The average Bonchev–Trinajstić information content (AvgIpc) is 2.05. The van der Waals surface area contributed by atoms with Gasteiger partial charge in [-0.05, 0) is 12.1 Å². The van der Waals surface area contributed by atoms with Crippen molar-refractivity contribution in [1.82, 2.24) is 0 Å². The van der Waals surface area contributed by atoms with Crippen LogP contribution in [0.3, 0.4) is 0 Å². The number of ketones is 1. The molecule has 0 aliphatic carbocycles. The zero-order chi connectivity index (χ0) is 8.97. The monoisotopic (exact) mass is 226 g/mol. The largest absolute Gasteiger partial charge is 0.323 e. The van der Waals surface area contributed by atoms with Gasteiger partial charge < -0.3 is 5.84 Å². The molecule has 1 rings (SSSR count). The van der Waals surface area contributed by atoms with Gasteiger partial charge in [0.25, 0.3) is 0 Å². The Hall–Kier alpha value is -1.16. The van der Waals surface area contributed by atoms with Crippen LogP contribution in [-0.2, 0) is 0 Å². The number of Topliss-reactive ketones (excluding diaryl/α,β-unsaturated/α-hetero) is 1. The number of hydrogen-bond acceptors (Lipinski definition) is 3. The first kappa shape index (κ1) is 8.93. The van der Waals surface area contributed by atoms with Crippen molar-refractivity contribution < 1.29 is 4.79 Å². The lowest BCUT2D eigenvalue weighted by molar-refractivity contribution is 0.107. The first-order valence-electron chi connectivity index (χ1n) is 3.27. The van der Waals surface area contributed by atoms with Crippen molar-refractivity contribution in [2.24, 2.45) is 10.9 Å². The molecule has 0 fully saturated rings. The van der Waals surface area contributed by atoms with Crippen molar-refractivity contribution in [1.29, 1.82) is 0 Å². The molecule has 3 nitrogen and oxygen atoms in total. The van der Waals surface area contributed by atoms with Gasteiger partial charge >= 0.3 is 0 Å². The highest BCUT2D eigenvalue weighted by molar-refractivity contribution is 9.10. The Labute approximate surface area is 78.4 Å². The Morgan fingerprint density at radius 1 is 1.58 bits per heavy atom. The molecule has 12 heavy (non-hydrogen) atoms. The third-order valence-electron chi connectivity index (χ3n) is 1.30. The number of hydrazone groups is 1. The summed E-state index contributed by atoms with van der Waals surface area (Å²) in [6.45, 7) is 0. The van der Waals surface area contributed by atoms with Crippen molar-refractivity contribution in [2.45, 2.75) is 0 Å². The summed E-state index contributed by atoms with van der Waals surface area (Å²) >= 11 is 3.25. The van der Waals surface area contributed by atoms with E-state index in [-0.39, 0.29) is 5.78 Å². The topological polar surface area (TPSA) is 55.4 Å². The second-order valence-electron chi connectivity index (χ2n) is 2.15. The van der Waals surface area contributed by atoms with E-state index in [2.05, 4.69) is 21.0 Å². The van der Waals surface area contributed by atoms with Gasteiger partial charge in [-0.1, -0.05) is 28.1 Å². The number of hydrogen-bond donors (Lipinski definition) is 1. The summed E-state index contributed by atoms with van der Waals surface area (Å²) in [6.07, 6.45) is 1.09. The first-order valence-corrected chi connectivity index (χ1v) is 4.06. The van der Waals surface area contributed by atoms with Crippen molar-refractivity contribution >= 4 is 27.9 Å². The molecular formula is C8H7BrN2O. The molecule has 1 aromatic carbocycles. The van der Waals surface area contributed by atoms with E-state index in [1.54, 1.807) is 18.2 Å². The van der Waals surface area contributed by atoms with Crippen LogP contribution in [0.25, 0.3) is 0 Å². The van der Waals surface area contributed by atoms with E-state index >= 15 is 0 Å². The van der Waals surface area contributed by atoms with Gasteiger partial charge in [0.05, 0.1) is 6.21 Å². The minimum Gasteiger partial charge on any atom is -0.323 e. The Morgan fingerprint density at radius 3 is 2.92 bits per heavy atom. The van der Waals surface area contributed by atoms with E-state index in [0.717, 1.165) is 10.7 Å². The quantitative estimate of drug-likeness (QED) is 0.361. The van der Waals surface area contributed by atoms with Crippen LogP contribution in [0.5, 0.6) is 0 Å². The molecule has 0 aliphatic heterocycles. The number of nitrogens with two attached hydrogens (primary N) is 1. The number of rotatable bonds is 2. The number of carbonyl (C=O) groups is 1. The summed E-state index contributed by atoms with van der Waals surface area (Å²) in [4.78, 5) is 11.1. The van der Waals surface area contributed by atoms with E-state index < -0.39 is 0 Å². The number of benzene rings is 1. The summed E-state index contributed by atoms with van der Waals surface area (Å²) < 4.78 is 0.860. The summed E-state index contributed by atoms with van der Waals surface area (Å²) in [6, 6.07) is 7.04. The summed E-state index contributed by atoms with van der Waals surface area (Å²) in [7, 11) is 0. The molecule has 0 heterocycles. The normalized spacial score (nSPS) is 10.4. The second-order valence-corrected chi connectivity index (χ2v) is 3.07. The van der Waals surface area contributed by atoms with Gasteiger partial charge in [-0.25, -0.2) is 0 Å². The highest BCUT2D eigenvalue weighted by Crippen LogP contribution is 2.11. The molecular weight excluding hydrogens is 220 g/mol. The second kappa shape index (κ2) is 4.01. The van der Waals surface area contributed by atoms with E-state index in [0.29, 0.717) is 5.56 Å². The molecule has 4 heteroatoms. The highest BCUT2D eigenvalue weighted by atomic mass is 79.9. The third kappa shape index (κ3) is 2.17. The van der Waals surface area contributed by atoms with E-state index in [4.69, 9.17) is 5.84 Å². The van der Waals surface area contributed by atoms with Crippen LogP contribution in [0.15, 0.2) is 33.8 Å². The predicted molar refractivity (Wildman–Crippen MR) is 51.2 cm³/mol. The predicted octanol–water partition coefficient (Wildman–Crippen LogP) is 1.58. The van der Waals surface area contributed by atoms with E-state index in [1.165, 1.54) is 0 Å². The Balaban J connectivity index is 2.96. The lowest BCUT2D eigenvalue weighted by Crippen LogP contribution is -2.01. The van der Waals surface area contributed by atoms with Gasteiger partial charge in [0.2, 0.25) is 5.78 Å². The van der Waals surface area contributed by atoms with Crippen LogP contribution in [0, 0.1) is 0 Å². The molecule has 0 unspecified atom stereocenters. The van der Waals surface area contributed by atoms with Crippen LogP contribution in [-0.4, -0.2) is 12.0 Å². The minimum atomic E-state index is -0.196. The molecule has 0 spiro atoms. The first-order chi connectivity index (χ1) is 5.74. The van der Waals surface area contributed by atoms with Crippen molar-refractivity contribution in [3.63, 3.8) is 0 Å². The average molecular weight is 227 g/mol. The highest BCUT2D eigenvalue weighted by Gasteiger charge is 2.01. The fourth-order valence-corrected chi connectivity index (χ4v) is 1.18. The molecule has 0 saturated carbocycles. The molecule has 0 saturated heterocycles. The van der Waals surface area contributed by atoms with Gasteiger partial charge in [-0.2, -0.15) is 5.10 Å². The molecule has 0 amide bonds. The molecule has 62 valence electrons. The standard InChI is InChI=1S/C8H7BrN2O/c9-7-3-1-2-6(4-7)8(12)5-11-10/h1-5H,10H2/b11-5+. The van der Waals surface area contributed by atoms with Crippen molar-refractivity contribution in [3.05, 3.63) is 34.3 Å². The fraction of sp³-hybridized carbons (Fsp3) is 0. The lowest BCUT2D eigenvalue weighted by atomic mass is 10.1. The smallest absolute Gasteiger partial charge is 0.205 e. The van der Waals surface area contributed by atoms with Gasteiger partial charge in [-0.15, -0.1) is 0 Å².